The molecule has 0 aliphatic carbocycles. The first-order valence-corrected chi connectivity index (χ1v) is 18.3. The standard InChI is InChI=1S/C21H23F2N3O2.C21H22F2N2O3/c22-21(23)10-12-25(13-11-21)20(28)26(18-4-2-1-3-5-18)15-16-6-8-17(9-7-16)19(27)14-24;1-28-19(26)17-9-7-16(8-10-17)15-25(18-5-3-2-4-6-18)20(27)24-13-11-21(22,23)12-14-24/h1-9H,10-15,24H2;2-10H,11-15H2,1H3. The van der Waals surface area contributed by atoms with Crippen molar-refractivity contribution in [2.24, 2.45) is 5.73 Å². The van der Waals surface area contributed by atoms with Crippen LogP contribution in [0.3, 0.4) is 0 Å². The van der Waals surface area contributed by atoms with Gasteiger partial charge in [0.2, 0.25) is 0 Å². The van der Waals surface area contributed by atoms with Gasteiger partial charge in [-0.2, -0.15) is 0 Å². The van der Waals surface area contributed by atoms with Crippen LogP contribution >= 0.6 is 0 Å². The van der Waals surface area contributed by atoms with Crippen LogP contribution < -0.4 is 15.5 Å². The van der Waals surface area contributed by atoms with E-state index in [4.69, 9.17) is 5.73 Å². The van der Waals surface area contributed by atoms with Crippen LogP contribution in [-0.2, 0) is 17.8 Å². The maximum Gasteiger partial charge on any atom is 0.337 e. The number of ether oxygens (including phenoxy) is 1. The first-order chi connectivity index (χ1) is 26.8. The third-order valence-electron chi connectivity index (χ3n) is 9.65. The lowest BCUT2D eigenvalue weighted by Gasteiger charge is -2.35. The van der Waals surface area contributed by atoms with E-state index >= 15 is 0 Å². The van der Waals surface area contributed by atoms with Crippen molar-refractivity contribution in [2.45, 2.75) is 50.6 Å². The summed E-state index contributed by atoms with van der Waals surface area (Å²) in [6.07, 6.45) is -1.29. The average Bonchev–Trinajstić information content (AvgIpc) is 3.22. The minimum absolute atomic E-state index is 0.0243. The number of carbonyl (C=O) groups excluding carboxylic acids is 4. The van der Waals surface area contributed by atoms with Crippen molar-refractivity contribution in [3.05, 3.63) is 131 Å². The van der Waals surface area contributed by atoms with Crippen LogP contribution in [0.2, 0.25) is 0 Å². The fourth-order valence-electron chi connectivity index (χ4n) is 6.29. The largest absolute Gasteiger partial charge is 0.465 e. The molecule has 0 spiro atoms. The fourth-order valence-corrected chi connectivity index (χ4v) is 6.29. The monoisotopic (exact) mass is 775 g/mol. The van der Waals surface area contributed by atoms with Crippen molar-refractivity contribution >= 4 is 35.2 Å². The van der Waals surface area contributed by atoms with E-state index in [0.29, 0.717) is 22.5 Å². The summed E-state index contributed by atoms with van der Waals surface area (Å²) in [6.45, 7) is 0.572. The molecular formula is C42H45F4N5O5. The summed E-state index contributed by atoms with van der Waals surface area (Å²) < 4.78 is 58.5. The predicted molar refractivity (Wildman–Crippen MR) is 205 cm³/mol. The van der Waals surface area contributed by atoms with Gasteiger partial charge in [-0.3, -0.25) is 14.6 Å². The summed E-state index contributed by atoms with van der Waals surface area (Å²) in [5.41, 5.74) is 9.32. The van der Waals surface area contributed by atoms with Gasteiger partial charge in [0.1, 0.15) is 0 Å². The molecule has 0 unspecified atom stereocenters. The van der Waals surface area contributed by atoms with Crippen LogP contribution in [0.15, 0.2) is 109 Å². The summed E-state index contributed by atoms with van der Waals surface area (Å²) in [6, 6.07) is 31.3. The third-order valence-corrected chi connectivity index (χ3v) is 9.65. The number of Topliss-reactive ketones (excluding diaryl/α,β-unsaturated/α-hetero) is 1. The van der Waals surface area contributed by atoms with Crippen LogP contribution in [0.25, 0.3) is 0 Å². The Bertz CT molecular complexity index is 1770. The maximum absolute atomic E-state index is 13.5. The number of hydrogen-bond donors (Lipinski definition) is 1. The molecule has 2 aliphatic rings. The van der Waals surface area contributed by atoms with E-state index in [1.807, 2.05) is 48.5 Å². The zero-order chi connectivity index (χ0) is 40.3. The number of piperidine rings is 2. The summed E-state index contributed by atoms with van der Waals surface area (Å²) in [5.74, 6) is -6.01. The molecule has 0 radical (unpaired) electrons. The van der Waals surface area contributed by atoms with Gasteiger partial charge in [0, 0.05) is 68.8 Å². The number of carbonyl (C=O) groups is 4. The number of rotatable bonds is 9. The molecule has 0 saturated carbocycles. The Kier molecular flexibility index (Phi) is 13.8. The average molecular weight is 776 g/mol. The highest BCUT2D eigenvalue weighted by Crippen LogP contribution is 2.31. The van der Waals surface area contributed by atoms with E-state index in [9.17, 15) is 36.7 Å². The number of likely N-dealkylation sites (tertiary alicyclic amines) is 2. The molecule has 4 amide bonds. The normalized spacial score (nSPS) is 15.8. The van der Waals surface area contributed by atoms with Gasteiger partial charge in [0.15, 0.2) is 5.78 Å². The Labute approximate surface area is 323 Å². The number of para-hydroxylation sites is 2. The van der Waals surface area contributed by atoms with Crippen LogP contribution in [0.1, 0.15) is 57.5 Å². The number of methoxy groups -OCH3 is 1. The molecule has 2 fully saturated rings. The van der Waals surface area contributed by atoms with Crippen molar-refractivity contribution < 1.29 is 41.5 Å². The SMILES string of the molecule is COC(=O)c1ccc(CN(C(=O)N2CCC(F)(F)CC2)c2ccccc2)cc1.NCC(=O)c1ccc(CN(C(=O)N2CCC(F)(F)CC2)c2ccccc2)cc1. The van der Waals surface area contributed by atoms with Crippen molar-refractivity contribution in [1.29, 1.82) is 0 Å². The van der Waals surface area contributed by atoms with E-state index in [0.717, 1.165) is 11.1 Å². The number of urea groups is 2. The van der Waals surface area contributed by atoms with E-state index in [2.05, 4.69) is 4.74 Å². The van der Waals surface area contributed by atoms with E-state index in [1.54, 1.807) is 70.5 Å². The lowest BCUT2D eigenvalue weighted by Crippen LogP contribution is -2.48. The number of benzene rings is 4. The molecule has 0 atom stereocenters. The second kappa shape index (κ2) is 18.7. The van der Waals surface area contributed by atoms with Crippen LogP contribution in [-0.4, -0.2) is 85.3 Å². The van der Waals surface area contributed by atoms with Crippen molar-refractivity contribution in [2.75, 3.05) is 49.6 Å². The Morgan fingerprint density at radius 2 is 0.946 bits per heavy atom. The number of halogens is 4. The lowest BCUT2D eigenvalue weighted by atomic mass is 10.1. The highest BCUT2D eigenvalue weighted by atomic mass is 19.3. The molecular weight excluding hydrogens is 730 g/mol. The predicted octanol–water partition coefficient (Wildman–Crippen LogP) is 8.02. The van der Waals surface area contributed by atoms with Crippen LogP contribution in [0.4, 0.5) is 38.5 Å². The second-order valence-electron chi connectivity index (χ2n) is 13.6. The fraction of sp³-hybridized carbons (Fsp3) is 0.333. The molecule has 2 N–H and O–H groups in total. The third kappa shape index (κ3) is 11.2. The number of alkyl halides is 4. The summed E-state index contributed by atoms with van der Waals surface area (Å²) >= 11 is 0. The van der Waals surface area contributed by atoms with Gasteiger partial charge in [-0.15, -0.1) is 0 Å². The zero-order valence-electron chi connectivity index (χ0n) is 31.1. The van der Waals surface area contributed by atoms with Gasteiger partial charge in [-0.1, -0.05) is 72.8 Å². The molecule has 6 rings (SSSR count). The molecule has 2 aliphatic heterocycles. The lowest BCUT2D eigenvalue weighted by molar-refractivity contribution is -0.0473. The van der Waals surface area contributed by atoms with Gasteiger partial charge in [0.05, 0.1) is 32.3 Å². The summed E-state index contributed by atoms with van der Waals surface area (Å²) in [4.78, 5) is 55.5. The molecule has 0 bridgehead atoms. The van der Waals surface area contributed by atoms with E-state index < -0.39 is 17.8 Å². The van der Waals surface area contributed by atoms with E-state index in [-0.39, 0.29) is 89.3 Å². The quantitative estimate of drug-likeness (QED) is 0.105. The molecule has 56 heavy (non-hydrogen) atoms. The summed E-state index contributed by atoms with van der Waals surface area (Å²) in [7, 11) is 1.31. The van der Waals surface area contributed by atoms with Crippen LogP contribution in [0.5, 0.6) is 0 Å². The van der Waals surface area contributed by atoms with E-state index in [1.165, 1.54) is 16.9 Å². The van der Waals surface area contributed by atoms with Crippen molar-refractivity contribution in [3.8, 4) is 0 Å². The zero-order valence-corrected chi connectivity index (χ0v) is 31.1. The van der Waals surface area contributed by atoms with Gasteiger partial charge >= 0.3 is 18.0 Å². The number of amides is 4. The second-order valence-corrected chi connectivity index (χ2v) is 13.6. The first-order valence-electron chi connectivity index (χ1n) is 18.3. The van der Waals surface area contributed by atoms with Gasteiger partial charge in [0.25, 0.3) is 11.8 Å². The molecule has 296 valence electrons. The van der Waals surface area contributed by atoms with Crippen molar-refractivity contribution in [3.63, 3.8) is 0 Å². The molecule has 4 aromatic rings. The van der Waals surface area contributed by atoms with Gasteiger partial charge < -0.3 is 20.3 Å². The number of hydrogen-bond acceptors (Lipinski definition) is 6. The Morgan fingerprint density at radius 3 is 1.29 bits per heavy atom. The first kappa shape index (κ1) is 41.4. The Morgan fingerprint density at radius 1 is 0.589 bits per heavy atom. The maximum atomic E-state index is 13.5. The van der Waals surface area contributed by atoms with Gasteiger partial charge in [-0.05, 0) is 47.5 Å². The smallest absolute Gasteiger partial charge is 0.337 e. The number of nitrogens with zero attached hydrogens (tertiary/aromatic N) is 4. The molecule has 14 heteroatoms. The molecule has 10 nitrogen and oxygen atoms in total. The van der Waals surface area contributed by atoms with Gasteiger partial charge in [-0.25, -0.2) is 31.9 Å². The highest BCUT2D eigenvalue weighted by molar-refractivity contribution is 5.97. The minimum Gasteiger partial charge on any atom is -0.465 e. The van der Waals surface area contributed by atoms with Crippen molar-refractivity contribution in [1.82, 2.24) is 9.80 Å². The number of ketones is 1. The summed E-state index contributed by atoms with van der Waals surface area (Å²) in [5, 5.41) is 0. The highest BCUT2D eigenvalue weighted by Gasteiger charge is 2.38. The Hall–Kier alpha value is -5.76. The molecule has 4 aromatic carbocycles. The topological polar surface area (TPSA) is 116 Å². The number of anilines is 2. The number of esters is 1. The minimum atomic E-state index is -2.71. The Balaban J connectivity index is 0.000000214. The molecule has 2 heterocycles. The molecule has 2 saturated heterocycles. The number of nitrogens with two attached hydrogens (primary N) is 1. The van der Waals surface area contributed by atoms with Crippen LogP contribution in [0, 0.1) is 0 Å². The molecule has 0 aromatic heterocycles.